The largest absolute Gasteiger partial charge is 0.355 e. The van der Waals surface area contributed by atoms with Gasteiger partial charge in [-0.1, -0.05) is 44.0 Å². The molecule has 0 saturated carbocycles. The monoisotopic (exact) mass is 286 g/mol. The van der Waals surface area contributed by atoms with Crippen molar-refractivity contribution < 1.29 is 4.79 Å². The lowest BCUT2D eigenvalue weighted by molar-refractivity contribution is 0.0963. The molecule has 1 heterocycles. The molecule has 0 saturated heterocycles. The van der Waals surface area contributed by atoms with Gasteiger partial charge in [0.2, 0.25) is 0 Å². The Morgan fingerprint density at radius 1 is 1.05 bits per heavy atom. The van der Waals surface area contributed by atoms with Crippen LogP contribution in [0.3, 0.4) is 0 Å². The van der Waals surface area contributed by atoms with Crippen molar-refractivity contribution in [1.82, 2.24) is 10.3 Å². The summed E-state index contributed by atoms with van der Waals surface area (Å²) in [5, 5.41) is 2.56. The Hall–Kier alpha value is -2.16. The number of hydrogen-bond acceptors (Lipinski definition) is 2. The molecule has 21 heavy (non-hydrogen) atoms. The molecular weight excluding hydrogens is 260 g/mol. The van der Waals surface area contributed by atoms with Crippen LogP contribution in [-0.4, -0.2) is 17.9 Å². The second kappa shape index (κ2) is 11.6. The maximum Gasteiger partial charge on any atom is 0.251 e. The minimum atomic E-state index is -0.0370. The molecule has 1 aromatic carbocycles. The normalized spacial score (nSPS) is 8.62. The van der Waals surface area contributed by atoms with Gasteiger partial charge in [0.25, 0.3) is 5.91 Å². The summed E-state index contributed by atoms with van der Waals surface area (Å²) < 4.78 is 0. The molecular formula is C18H26N2O. The standard InChI is InChI=1S/C9H11NO.C6H7N.C3H8/c1-7-3-5-8(6-4-7)9(11)10-2;1-6-4-2-3-5-7-6;1-3-2/h3-6H,1-2H3,(H,10,11);2-5H,1H3;3H2,1-2H3. The molecule has 1 aromatic heterocycles. The molecule has 0 radical (unpaired) electrons. The van der Waals surface area contributed by atoms with Crippen molar-refractivity contribution in [1.29, 1.82) is 0 Å². The number of benzene rings is 1. The molecule has 2 rings (SSSR count). The van der Waals surface area contributed by atoms with E-state index in [0.29, 0.717) is 5.56 Å². The SMILES string of the molecule is CCC.CNC(=O)c1ccc(C)cc1.Cc1ccccn1. The van der Waals surface area contributed by atoms with E-state index in [1.54, 1.807) is 13.2 Å². The molecule has 0 atom stereocenters. The van der Waals surface area contributed by atoms with E-state index >= 15 is 0 Å². The van der Waals surface area contributed by atoms with Gasteiger partial charge in [-0.2, -0.15) is 0 Å². The van der Waals surface area contributed by atoms with E-state index in [1.165, 1.54) is 6.42 Å². The fraction of sp³-hybridized carbons (Fsp3) is 0.333. The summed E-state index contributed by atoms with van der Waals surface area (Å²) in [5.74, 6) is -0.0370. The summed E-state index contributed by atoms with van der Waals surface area (Å²) in [6.07, 6.45) is 3.04. The molecule has 0 aliphatic heterocycles. The Balaban J connectivity index is 0.000000342. The van der Waals surface area contributed by atoms with Gasteiger partial charge in [0.05, 0.1) is 0 Å². The molecule has 0 unspecified atom stereocenters. The summed E-state index contributed by atoms with van der Waals surface area (Å²) >= 11 is 0. The first kappa shape index (κ1) is 18.8. The number of hydrogen-bond donors (Lipinski definition) is 1. The molecule has 1 N–H and O–H groups in total. The second-order valence-electron chi connectivity index (χ2n) is 4.62. The smallest absolute Gasteiger partial charge is 0.251 e. The van der Waals surface area contributed by atoms with Gasteiger partial charge >= 0.3 is 0 Å². The number of aryl methyl sites for hydroxylation is 2. The third kappa shape index (κ3) is 9.38. The third-order valence-corrected chi connectivity index (χ3v) is 2.35. The summed E-state index contributed by atoms with van der Waals surface area (Å²) in [6, 6.07) is 13.3. The molecule has 114 valence electrons. The van der Waals surface area contributed by atoms with Crippen LogP contribution in [0.1, 0.15) is 41.9 Å². The van der Waals surface area contributed by atoms with Crippen LogP contribution in [0.15, 0.2) is 48.7 Å². The number of carbonyl (C=O) groups excluding carboxylic acids is 1. The highest BCUT2D eigenvalue weighted by Gasteiger charge is 1.99. The summed E-state index contributed by atoms with van der Waals surface area (Å²) in [4.78, 5) is 15.0. The number of rotatable bonds is 1. The molecule has 0 aliphatic carbocycles. The predicted octanol–water partition coefficient (Wildman–Crippen LogP) is 4.16. The van der Waals surface area contributed by atoms with E-state index in [1.807, 2.05) is 56.3 Å². The number of carbonyl (C=O) groups is 1. The number of amides is 1. The van der Waals surface area contributed by atoms with Crippen molar-refractivity contribution >= 4 is 5.91 Å². The molecule has 0 fully saturated rings. The van der Waals surface area contributed by atoms with Gasteiger partial charge in [0.1, 0.15) is 0 Å². The van der Waals surface area contributed by atoms with Crippen LogP contribution in [0.4, 0.5) is 0 Å². The number of nitrogens with one attached hydrogen (secondary N) is 1. The Labute approximate surface area is 128 Å². The van der Waals surface area contributed by atoms with Crippen molar-refractivity contribution in [2.75, 3.05) is 7.05 Å². The zero-order valence-electron chi connectivity index (χ0n) is 13.7. The van der Waals surface area contributed by atoms with Gasteiger partial charge in [0, 0.05) is 24.5 Å². The highest BCUT2D eigenvalue weighted by atomic mass is 16.1. The zero-order chi connectivity index (χ0) is 16.1. The number of nitrogens with zero attached hydrogens (tertiary/aromatic N) is 1. The molecule has 0 aliphatic rings. The van der Waals surface area contributed by atoms with Crippen LogP contribution in [0.5, 0.6) is 0 Å². The first-order chi connectivity index (χ1) is 10.0. The van der Waals surface area contributed by atoms with Crippen molar-refractivity contribution in [3.63, 3.8) is 0 Å². The quantitative estimate of drug-likeness (QED) is 0.855. The van der Waals surface area contributed by atoms with Gasteiger partial charge in [-0.15, -0.1) is 0 Å². The molecule has 3 heteroatoms. The van der Waals surface area contributed by atoms with E-state index < -0.39 is 0 Å². The van der Waals surface area contributed by atoms with Gasteiger partial charge in [-0.3, -0.25) is 9.78 Å². The average molecular weight is 286 g/mol. The second-order valence-corrected chi connectivity index (χ2v) is 4.62. The molecule has 0 bridgehead atoms. The Bertz CT molecular complexity index is 492. The van der Waals surface area contributed by atoms with Crippen LogP contribution >= 0.6 is 0 Å². The van der Waals surface area contributed by atoms with E-state index in [2.05, 4.69) is 24.1 Å². The highest BCUT2D eigenvalue weighted by molar-refractivity contribution is 5.93. The van der Waals surface area contributed by atoms with Gasteiger partial charge in [-0.25, -0.2) is 0 Å². The fourth-order valence-corrected chi connectivity index (χ4v) is 1.30. The highest BCUT2D eigenvalue weighted by Crippen LogP contribution is 2.01. The van der Waals surface area contributed by atoms with Crippen LogP contribution < -0.4 is 5.32 Å². The Morgan fingerprint density at radius 2 is 1.62 bits per heavy atom. The van der Waals surface area contributed by atoms with Crippen molar-refractivity contribution in [2.45, 2.75) is 34.1 Å². The Kier molecular flexibility index (Phi) is 10.5. The van der Waals surface area contributed by atoms with Gasteiger partial charge in [-0.05, 0) is 38.1 Å². The first-order valence-corrected chi connectivity index (χ1v) is 7.21. The molecule has 3 nitrogen and oxygen atoms in total. The molecule has 2 aromatic rings. The first-order valence-electron chi connectivity index (χ1n) is 7.21. The Morgan fingerprint density at radius 3 is 1.95 bits per heavy atom. The lowest BCUT2D eigenvalue weighted by Gasteiger charge is -1.98. The lowest BCUT2D eigenvalue weighted by atomic mass is 10.1. The van der Waals surface area contributed by atoms with E-state index in [-0.39, 0.29) is 5.91 Å². The lowest BCUT2D eigenvalue weighted by Crippen LogP contribution is -2.17. The maximum absolute atomic E-state index is 11.0. The number of pyridine rings is 1. The van der Waals surface area contributed by atoms with Crippen molar-refractivity contribution in [2.24, 2.45) is 0 Å². The van der Waals surface area contributed by atoms with E-state index in [0.717, 1.165) is 11.3 Å². The number of aromatic nitrogens is 1. The van der Waals surface area contributed by atoms with Crippen LogP contribution in [0.25, 0.3) is 0 Å². The maximum atomic E-state index is 11.0. The zero-order valence-corrected chi connectivity index (χ0v) is 13.7. The van der Waals surface area contributed by atoms with Crippen molar-refractivity contribution in [3.8, 4) is 0 Å². The summed E-state index contributed by atoms with van der Waals surface area (Å²) in [5.41, 5.74) is 2.94. The van der Waals surface area contributed by atoms with Crippen LogP contribution in [-0.2, 0) is 0 Å². The van der Waals surface area contributed by atoms with Gasteiger partial charge < -0.3 is 5.32 Å². The predicted molar refractivity (Wildman–Crippen MR) is 89.5 cm³/mol. The summed E-state index contributed by atoms with van der Waals surface area (Å²) in [6.45, 7) is 8.22. The van der Waals surface area contributed by atoms with Crippen LogP contribution in [0, 0.1) is 13.8 Å². The fourth-order valence-electron chi connectivity index (χ4n) is 1.30. The topological polar surface area (TPSA) is 42.0 Å². The van der Waals surface area contributed by atoms with Gasteiger partial charge in [0.15, 0.2) is 0 Å². The molecule has 0 spiro atoms. The van der Waals surface area contributed by atoms with Crippen LogP contribution in [0.2, 0.25) is 0 Å². The summed E-state index contributed by atoms with van der Waals surface area (Å²) in [7, 11) is 1.63. The van der Waals surface area contributed by atoms with E-state index in [9.17, 15) is 4.79 Å². The van der Waals surface area contributed by atoms with E-state index in [4.69, 9.17) is 0 Å². The third-order valence-electron chi connectivity index (χ3n) is 2.35. The minimum Gasteiger partial charge on any atom is -0.355 e. The molecule has 1 amide bonds. The average Bonchev–Trinajstić information content (AvgIpc) is 2.49. The minimum absolute atomic E-state index is 0.0370. The van der Waals surface area contributed by atoms with Crippen molar-refractivity contribution in [3.05, 3.63) is 65.5 Å².